The Morgan fingerprint density at radius 3 is 1.61 bits per heavy atom. The number of nitrogens with zero attached hydrogens (tertiary/aromatic N) is 6. The van der Waals surface area contributed by atoms with Crippen molar-refractivity contribution in [3.63, 3.8) is 0 Å². The number of hydrogen-bond donors (Lipinski definition) is 0. The van der Waals surface area contributed by atoms with E-state index in [9.17, 15) is 40.5 Å². The first-order chi connectivity index (χ1) is 8.20. The zero-order valence-electron chi connectivity index (χ0n) is 8.36. The van der Waals surface area contributed by atoms with Crippen LogP contribution in [0.15, 0.2) is 0 Å². The lowest BCUT2D eigenvalue weighted by Gasteiger charge is -2.12. The van der Waals surface area contributed by atoms with E-state index in [1.54, 1.807) is 0 Å². The molecule has 0 aliphatic rings. The summed E-state index contributed by atoms with van der Waals surface area (Å²) in [7, 11) is 0. The molecule has 0 aromatic heterocycles. The molecule has 0 radical (unpaired) electrons. The molecule has 98 valence electrons. The first-order valence-electron chi connectivity index (χ1n) is 3.89. The van der Waals surface area contributed by atoms with Crippen molar-refractivity contribution in [2.75, 3.05) is 13.1 Å². The van der Waals surface area contributed by atoms with Crippen LogP contribution in [0.1, 0.15) is 0 Å². The van der Waals surface area contributed by atoms with Crippen molar-refractivity contribution in [3.8, 4) is 6.07 Å². The predicted molar refractivity (Wildman–Crippen MR) is 47.9 cm³/mol. The summed E-state index contributed by atoms with van der Waals surface area (Å²) >= 11 is 0. The van der Waals surface area contributed by atoms with Gasteiger partial charge in [-0.15, -0.1) is 0 Å². The highest BCUT2D eigenvalue weighted by atomic mass is 16.7. The molecule has 0 aliphatic heterocycles. The van der Waals surface area contributed by atoms with Crippen LogP contribution in [-0.2, 0) is 0 Å². The Hall–Kier alpha value is -3.11. The lowest BCUT2D eigenvalue weighted by atomic mass is 10.3. The van der Waals surface area contributed by atoms with E-state index in [1.165, 1.54) is 6.07 Å². The lowest BCUT2D eigenvalue weighted by Crippen LogP contribution is -2.61. The third kappa shape index (κ3) is 2.52. The molecule has 0 aromatic carbocycles. The Bertz CT molecular complexity index is 403. The molecule has 0 fully saturated rings. The quantitative estimate of drug-likeness (QED) is 0.225. The minimum absolute atomic E-state index is 0.283. The fraction of sp³-hybridized carbons (Fsp3) is 0.750. The van der Waals surface area contributed by atoms with Gasteiger partial charge in [0, 0.05) is 0 Å². The average molecular weight is 264 g/mol. The summed E-state index contributed by atoms with van der Waals surface area (Å²) in [6.45, 7) is -2.86. The van der Waals surface area contributed by atoms with E-state index in [0.717, 1.165) is 0 Å². The van der Waals surface area contributed by atoms with Gasteiger partial charge in [-0.05, 0) is 0 Å². The largest absolute Gasteiger partial charge is 0.723 e. The van der Waals surface area contributed by atoms with E-state index < -0.39 is 38.7 Å². The SMILES string of the molecule is N#CCN(CC([N+](=O)[O-])([N+](=O)[O-])[N+](=O)[O-])[N+](=O)[O-]. The number of nitriles is 1. The zero-order valence-corrected chi connectivity index (χ0v) is 8.36. The third-order valence-corrected chi connectivity index (χ3v) is 1.76. The Labute approximate surface area is 96.6 Å². The molecule has 0 heterocycles. The van der Waals surface area contributed by atoms with Gasteiger partial charge in [0.15, 0.2) is 26.3 Å². The third-order valence-electron chi connectivity index (χ3n) is 1.76. The molecule has 0 aromatic rings. The van der Waals surface area contributed by atoms with Crippen LogP contribution in [0.2, 0.25) is 0 Å². The predicted octanol–water partition coefficient (Wildman–Crippen LogP) is -1.51. The summed E-state index contributed by atoms with van der Waals surface area (Å²) in [4.78, 5) is 36.1. The Morgan fingerprint density at radius 1 is 1.00 bits per heavy atom. The Balaban J connectivity index is 5.55. The molecule has 0 aliphatic carbocycles. The molecule has 14 nitrogen and oxygen atoms in total. The van der Waals surface area contributed by atoms with Gasteiger partial charge in [-0.25, -0.2) is 10.1 Å². The van der Waals surface area contributed by atoms with Crippen LogP contribution < -0.4 is 0 Å². The molecule has 0 unspecified atom stereocenters. The van der Waals surface area contributed by atoms with Crippen molar-refractivity contribution >= 4 is 0 Å². The van der Waals surface area contributed by atoms with Crippen LogP contribution in [0, 0.1) is 51.8 Å². The number of nitro groups is 4. The summed E-state index contributed by atoms with van der Waals surface area (Å²) in [6.07, 6.45) is 0. The van der Waals surface area contributed by atoms with Gasteiger partial charge >= 0.3 is 5.79 Å². The second-order valence-electron chi connectivity index (χ2n) is 2.76. The first kappa shape index (κ1) is 14.9. The van der Waals surface area contributed by atoms with E-state index in [1.807, 2.05) is 0 Å². The highest BCUT2D eigenvalue weighted by molar-refractivity contribution is 4.73. The maximum Gasteiger partial charge on any atom is 0.723 e. The fourth-order valence-corrected chi connectivity index (χ4v) is 0.871. The van der Waals surface area contributed by atoms with Gasteiger partial charge in [0.05, 0.1) is 6.07 Å². The van der Waals surface area contributed by atoms with Gasteiger partial charge < -0.3 is 0 Å². The second kappa shape index (κ2) is 5.29. The molecule has 0 N–H and O–H groups in total. The molecule has 0 spiro atoms. The topological polar surface area (TPSA) is 200 Å². The van der Waals surface area contributed by atoms with Crippen molar-refractivity contribution in [2.24, 2.45) is 0 Å². The number of hydrazine groups is 1. The maximum absolute atomic E-state index is 10.5. The normalized spacial score (nSPS) is 10.2. The molecule has 0 atom stereocenters. The van der Waals surface area contributed by atoms with E-state index in [2.05, 4.69) is 0 Å². The smallest absolute Gasteiger partial charge is 0.253 e. The summed E-state index contributed by atoms with van der Waals surface area (Å²) in [6, 6.07) is 1.20. The van der Waals surface area contributed by atoms with Gasteiger partial charge in [-0.1, -0.05) is 5.01 Å². The maximum atomic E-state index is 10.5. The van der Waals surface area contributed by atoms with Crippen LogP contribution in [0.25, 0.3) is 0 Å². The lowest BCUT2D eigenvalue weighted by molar-refractivity contribution is -0.973. The van der Waals surface area contributed by atoms with Gasteiger partial charge in [0.2, 0.25) is 0 Å². The molecule has 14 heteroatoms. The van der Waals surface area contributed by atoms with Crippen LogP contribution >= 0.6 is 0 Å². The summed E-state index contributed by atoms with van der Waals surface area (Å²) < 4.78 is 0. The minimum Gasteiger partial charge on any atom is -0.253 e. The van der Waals surface area contributed by atoms with E-state index in [-0.39, 0.29) is 5.01 Å². The highest BCUT2D eigenvalue weighted by Crippen LogP contribution is 2.14. The van der Waals surface area contributed by atoms with Gasteiger partial charge in [-0.3, -0.25) is 30.3 Å². The number of rotatable bonds is 7. The van der Waals surface area contributed by atoms with E-state index >= 15 is 0 Å². The van der Waals surface area contributed by atoms with Crippen molar-refractivity contribution in [1.29, 1.82) is 5.26 Å². The van der Waals surface area contributed by atoms with E-state index in [0.29, 0.717) is 0 Å². The van der Waals surface area contributed by atoms with Crippen molar-refractivity contribution in [1.82, 2.24) is 5.01 Å². The zero-order chi connectivity index (χ0) is 14.5. The van der Waals surface area contributed by atoms with Crippen molar-refractivity contribution in [2.45, 2.75) is 5.79 Å². The number of hydrogen-bond acceptors (Lipinski definition) is 9. The van der Waals surface area contributed by atoms with Gasteiger partial charge in [0.25, 0.3) is 6.54 Å². The summed E-state index contributed by atoms with van der Waals surface area (Å²) in [5.74, 6) is -4.00. The molecule has 0 rings (SSSR count). The van der Waals surface area contributed by atoms with Crippen LogP contribution in [0.5, 0.6) is 0 Å². The van der Waals surface area contributed by atoms with Gasteiger partial charge in [0.1, 0.15) is 0 Å². The van der Waals surface area contributed by atoms with Crippen LogP contribution in [0.3, 0.4) is 0 Å². The molecule has 0 amide bonds. The van der Waals surface area contributed by atoms with Gasteiger partial charge in [-0.2, -0.15) is 5.26 Å². The Kier molecular flexibility index (Phi) is 4.37. The molecule has 18 heavy (non-hydrogen) atoms. The molecular formula is C4H4N6O8. The second-order valence-corrected chi connectivity index (χ2v) is 2.76. The highest BCUT2D eigenvalue weighted by Gasteiger charge is 2.73. The Morgan fingerprint density at radius 2 is 1.39 bits per heavy atom. The molecule has 0 saturated heterocycles. The molecule has 0 bridgehead atoms. The average Bonchev–Trinajstić information content (AvgIpc) is 2.21. The standard InChI is InChI=1S/C4H4N6O8/c5-1-2-6(10(17)18)3-4(7(11)12,8(13)14)9(15)16/h2-3H2. The summed E-state index contributed by atoms with van der Waals surface area (Å²) in [5.41, 5.74) is 0. The van der Waals surface area contributed by atoms with Crippen LogP contribution in [-0.4, -0.2) is 43.7 Å². The molecule has 0 saturated carbocycles. The van der Waals surface area contributed by atoms with Crippen molar-refractivity contribution in [3.05, 3.63) is 40.5 Å². The minimum atomic E-state index is -4.00. The van der Waals surface area contributed by atoms with E-state index in [4.69, 9.17) is 5.26 Å². The van der Waals surface area contributed by atoms with Crippen LogP contribution in [0.4, 0.5) is 0 Å². The fourth-order valence-electron chi connectivity index (χ4n) is 0.871. The summed E-state index contributed by atoms with van der Waals surface area (Å²) in [5, 5.41) is 48.3. The molecular weight excluding hydrogens is 260 g/mol. The van der Waals surface area contributed by atoms with Crippen molar-refractivity contribution < 1.29 is 19.8 Å². The monoisotopic (exact) mass is 264 g/mol. The first-order valence-corrected chi connectivity index (χ1v) is 3.89.